The van der Waals surface area contributed by atoms with Crippen LogP contribution in [0.3, 0.4) is 0 Å². The topological polar surface area (TPSA) is 230 Å². The zero-order chi connectivity index (χ0) is 54.1. The van der Waals surface area contributed by atoms with E-state index in [0.29, 0.717) is 44.7 Å². The lowest BCUT2D eigenvalue weighted by molar-refractivity contribution is -0.163. The van der Waals surface area contributed by atoms with Crippen LogP contribution in [0.1, 0.15) is 22.6 Å². The first-order chi connectivity index (χ1) is 36.4. The standard InChI is InChI=1S/C21H17ClN2O5.C16H17ClN2O5.C15H13ClN2O4/c1-26-12-15(21(25)27-2)14-7-3-5-9-17(14)28-19-11-20(24-13-23-19)29-18-10-6-4-8-16(18)22;1-21-15(20)14(16(22-2)23-3)10-6-4-5-7-11(10)24-13-8-12(17)18-9-19-13;1-20-8-11(15(19)21-2)10-5-3-4-6-12(10)22-14-7-13(16)17-9-18-14/h3-13H,1-2H3;4-9,14,16H,1-3H3;3-9H,1-2H3/b15-12+;;11-8+. The third-order valence-electron chi connectivity index (χ3n) is 9.61. The van der Waals surface area contributed by atoms with E-state index in [9.17, 15) is 14.4 Å². The first-order valence-electron chi connectivity index (χ1n) is 21.6. The summed E-state index contributed by atoms with van der Waals surface area (Å²) >= 11 is 17.7. The van der Waals surface area contributed by atoms with Gasteiger partial charge in [0.05, 0.1) is 59.2 Å². The molecule has 4 aromatic carbocycles. The number of para-hydroxylation sites is 4. The van der Waals surface area contributed by atoms with Crippen LogP contribution >= 0.6 is 34.8 Å². The van der Waals surface area contributed by atoms with E-state index in [4.69, 9.17) is 86.9 Å². The minimum Gasteiger partial charge on any atom is -0.503 e. The fraction of sp³-hybridized carbons (Fsp3) is 0.173. The average molecular weight is 1090 g/mol. The molecule has 3 aromatic heterocycles. The number of rotatable bonds is 19. The molecule has 0 aliphatic rings. The van der Waals surface area contributed by atoms with Crippen molar-refractivity contribution in [2.75, 3.05) is 49.8 Å². The highest BCUT2D eigenvalue weighted by molar-refractivity contribution is 6.32. The smallest absolute Gasteiger partial charge is 0.341 e. The predicted octanol–water partition coefficient (Wildman–Crippen LogP) is 10.8. The quantitative estimate of drug-likeness (QED) is 0.0183. The first-order valence-corrected chi connectivity index (χ1v) is 22.8. The summed E-state index contributed by atoms with van der Waals surface area (Å²) in [5.41, 5.74) is 1.94. The molecule has 0 saturated carbocycles. The second-order valence-corrected chi connectivity index (χ2v) is 15.5. The van der Waals surface area contributed by atoms with Gasteiger partial charge in [-0.1, -0.05) is 102 Å². The molecule has 0 aliphatic heterocycles. The van der Waals surface area contributed by atoms with E-state index < -0.39 is 30.1 Å². The van der Waals surface area contributed by atoms with Gasteiger partial charge in [-0.25, -0.2) is 39.5 Å². The van der Waals surface area contributed by atoms with E-state index in [2.05, 4.69) is 29.9 Å². The van der Waals surface area contributed by atoms with E-state index in [1.807, 2.05) is 0 Å². The van der Waals surface area contributed by atoms with E-state index in [-0.39, 0.29) is 45.0 Å². The number of aromatic nitrogens is 6. The first kappa shape index (κ1) is 57.5. The van der Waals surface area contributed by atoms with Crippen molar-refractivity contribution < 1.29 is 66.5 Å². The number of carbonyl (C=O) groups excluding carboxylic acids is 3. The van der Waals surface area contributed by atoms with Crippen molar-refractivity contribution in [3.63, 3.8) is 0 Å². The van der Waals surface area contributed by atoms with Crippen molar-refractivity contribution in [1.29, 1.82) is 0 Å². The molecule has 0 amide bonds. The lowest BCUT2D eigenvalue weighted by Crippen LogP contribution is -2.30. The molecule has 0 fully saturated rings. The number of ether oxygens (including phenoxy) is 11. The van der Waals surface area contributed by atoms with Gasteiger partial charge in [0.2, 0.25) is 23.5 Å². The zero-order valence-corrected chi connectivity index (χ0v) is 43.3. The monoisotopic (exact) mass is 1080 g/mol. The summed E-state index contributed by atoms with van der Waals surface area (Å²) in [5.74, 6) is 0.168. The summed E-state index contributed by atoms with van der Waals surface area (Å²) in [5, 5.41) is 0.947. The molecule has 0 saturated heterocycles. The fourth-order valence-electron chi connectivity index (χ4n) is 6.32. The summed E-state index contributed by atoms with van der Waals surface area (Å²) < 4.78 is 57.9. The van der Waals surface area contributed by atoms with Crippen LogP contribution in [-0.2, 0) is 47.5 Å². The van der Waals surface area contributed by atoms with Crippen molar-refractivity contribution >= 4 is 63.9 Å². The van der Waals surface area contributed by atoms with E-state index in [0.717, 1.165) is 0 Å². The Labute approximate surface area is 445 Å². The summed E-state index contributed by atoms with van der Waals surface area (Å²) in [6, 6.07) is 32.3. The van der Waals surface area contributed by atoms with Gasteiger partial charge < -0.3 is 52.1 Å². The lowest BCUT2D eigenvalue weighted by Gasteiger charge is -2.24. The number of hydrogen-bond donors (Lipinski definition) is 0. The number of methoxy groups -OCH3 is 7. The van der Waals surface area contributed by atoms with Crippen LogP contribution in [0.2, 0.25) is 15.3 Å². The Morgan fingerprint density at radius 1 is 0.453 bits per heavy atom. The Hall–Kier alpha value is -8.40. The van der Waals surface area contributed by atoms with Crippen molar-refractivity contribution in [3.05, 3.63) is 179 Å². The minimum atomic E-state index is -0.837. The summed E-state index contributed by atoms with van der Waals surface area (Å²) in [6.45, 7) is 0. The molecule has 20 nitrogen and oxygen atoms in total. The normalized spacial score (nSPS) is 11.3. The van der Waals surface area contributed by atoms with Crippen LogP contribution in [0.25, 0.3) is 11.1 Å². The molecule has 0 radical (unpaired) electrons. The number of carbonyl (C=O) groups is 3. The van der Waals surface area contributed by atoms with Crippen LogP contribution in [-0.4, -0.2) is 104 Å². The molecule has 390 valence electrons. The van der Waals surface area contributed by atoms with E-state index in [1.165, 1.54) is 99.5 Å². The Bertz CT molecular complexity index is 3070. The van der Waals surface area contributed by atoms with Gasteiger partial charge in [-0.2, -0.15) is 0 Å². The third-order valence-corrected chi connectivity index (χ3v) is 10.3. The van der Waals surface area contributed by atoms with E-state index in [1.54, 1.807) is 97.1 Å². The molecule has 1 atom stereocenters. The molecule has 0 aliphatic carbocycles. The zero-order valence-electron chi connectivity index (χ0n) is 41.0. The highest BCUT2D eigenvalue weighted by atomic mass is 35.5. The Balaban J connectivity index is 0.000000210. The van der Waals surface area contributed by atoms with Gasteiger partial charge in [0.1, 0.15) is 69.4 Å². The Morgan fingerprint density at radius 2 is 0.840 bits per heavy atom. The highest BCUT2D eigenvalue weighted by Crippen LogP contribution is 2.36. The maximum atomic E-state index is 12.2. The number of halogens is 3. The van der Waals surface area contributed by atoms with Crippen LogP contribution in [0, 0.1) is 0 Å². The lowest BCUT2D eigenvalue weighted by atomic mass is 9.97. The molecule has 23 heteroatoms. The van der Waals surface area contributed by atoms with Gasteiger partial charge in [0, 0.05) is 43.0 Å². The molecular weight excluding hydrogens is 1040 g/mol. The molecule has 3 heterocycles. The maximum Gasteiger partial charge on any atom is 0.341 e. The van der Waals surface area contributed by atoms with Gasteiger partial charge in [-0.3, -0.25) is 4.79 Å². The minimum absolute atomic E-state index is 0.201. The Morgan fingerprint density at radius 3 is 1.27 bits per heavy atom. The van der Waals surface area contributed by atoms with Crippen LogP contribution in [0.5, 0.6) is 46.5 Å². The van der Waals surface area contributed by atoms with Crippen molar-refractivity contribution in [2.45, 2.75) is 12.2 Å². The molecule has 0 N–H and O–H groups in total. The summed E-state index contributed by atoms with van der Waals surface area (Å²) in [4.78, 5) is 59.9. The molecule has 7 rings (SSSR count). The van der Waals surface area contributed by atoms with Crippen LogP contribution in [0.4, 0.5) is 0 Å². The van der Waals surface area contributed by atoms with Crippen molar-refractivity contribution in [2.24, 2.45) is 0 Å². The number of benzene rings is 4. The third kappa shape index (κ3) is 16.8. The van der Waals surface area contributed by atoms with Crippen LogP contribution in [0.15, 0.2) is 147 Å². The van der Waals surface area contributed by atoms with Crippen LogP contribution < -0.4 is 18.9 Å². The van der Waals surface area contributed by atoms with E-state index >= 15 is 0 Å². The molecule has 75 heavy (non-hydrogen) atoms. The molecule has 0 bridgehead atoms. The number of esters is 3. The van der Waals surface area contributed by atoms with Crippen molar-refractivity contribution in [1.82, 2.24) is 29.9 Å². The average Bonchev–Trinajstić information content (AvgIpc) is 3.42. The summed E-state index contributed by atoms with van der Waals surface area (Å²) in [6.07, 6.45) is 5.62. The van der Waals surface area contributed by atoms with Gasteiger partial charge in [-0.15, -0.1) is 0 Å². The van der Waals surface area contributed by atoms with Gasteiger partial charge in [0.25, 0.3) is 0 Å². The molecule has 0 spiro atoms. The SMILES string of the molecule is CO/C=C(/C(=O)OC)c1ccccc1Oc1cc(Cl)ncn1.CO/C=C(/C(=O)OC)c1ccccc1Oc1cc(Oc2ccccc2Cl)ncn1.COC(=O)C(c1ccccc1Oc1cc(Cl)ncn1)C(OC)OC. The number of hydrogen-bond acceptors (Lipinski definition) is 20. The van der Waals surface area contributed by atoms with Crippen molar-refractivity contribution in [3.8, 4) is 46.5 Å². The molecular formula is C52H47Cl3N6O14. The van der Waals surface area contributed by atoms with Gasteiger partial charge in [-0.05, 0) is 30.3 Å². The maximum absolute atomic E-state index is 12.2. The second kappa shape index (κ2) is 30.0. The fourth-order valence-corrected chi connectivity index (χ4v) is 6.77. The highest BCUT2D eigenvalue weighted by Gasteiger charge is 2.34. The largest absolute Gasteiger partial charge is 0.503 e. The predicted molar refractivity (Wildman–Crippen MR) is 274 cm³/mol. The second-order valence-electron chi connectivity index (χ2n) is 14.3. The summed E-state index contributed by atoms with van der Waals surface area (Å²) in [7, 11) is 9.64. The van der Waals surface area contributed by atoms with Gasteiger partial charge in [0.15, 0.2) is 6.29 Å². The van der Waals surface area contributed by atoms with Gasteiger partial charge >= 0.3 is 17.9 Å². The molecule has 1 unspecified atom stereocenters. The Kier molecular flexibility index (Phi) is 23.0. The number of nitrogens with zero attached hydrogens (tertiary/aromatic N) is 6. The molecule has 7 aromatic rings.